The molecule has 0 atom stereocenters. The highest BCUT2D eigenvalue weighted by Gasteiger charge is 2.21. The van der Waals surface area contributed by atoms with E-state index in [0.717, 1.165) is 0 Å². The van der Waals surface area contributed by atoms with Crippen molar-refractivity contribution in [3.8, 4) is 0 Å². The van der Waals surface area contributed by atoms with Gasteiger partial charge in [0.25, 0.3) is 5.56 Å². The van der Waals surface area contributed by atoms with Crippen LogP contribution in [0.2, 0.25) is 0 Å². The van der Waals surface area contributed by atoms with Gasteiger partial charge in [-0.25, -0.2) is 4.79 Å². The largest absolute Gasteiger partial charge is 0.340 e. The van der Waals surface area contributed by atoms with E-state index < -0.39 is 11.2 Å². The fraction of sp³-hybridized carbons (Fsp3) is 0.538. The Balaban J connectivity index is 2.13. The first-order chi connectivity index (χ1) is 9.51. The third-order valence-electron chi connectivity index (χ3n) is 3.44. The van der Waals surface area contributed by atoms with Crippen LogP contribution in [0.4, 0.5) is 0 Å². The lowest BCUT2D eigenvalue weighted by molar-refractivity contribution is -0.135. The molecule has 1 aromatic rings. The highest BCUT2D eigenvalue weighted by atomic mass is 16.2. The summed E-state index contributed by atoms with van der Waals surface area (Å²) in [4.78, 5) is 50.1. The molecule has 0 aromatic carbocycles. The Bertz CT molecular complexity index is 634. The summed E-state index contributed by atoms with van der Waals surface area (Å²) in [7, 11) is 0. The molecular weight excluding hydrogens is 262 g/mol. The van der Waals surface area contributed by atoms with E-state index in [2.05, 4.69) is 4.98 Å². The number of aromatic nitrogens is 2. The second kappa shape index (κ2) is 5.85. The number of Topliss-reactive ketones (excluding diaryl/α,β-unsaturated/α-hetero) is 1. The lowest BCUT2D eigenvalue weighted by atomic mass is 10.1. The lowest BCUT2D eigenvalue weighted by Gasteiger charge is -2.26. The lowest BCUT2D eigenvalue weighted by Crippen LogP contribution is -2.42. The summed E-state index contributed by atoms with van der Waals surface area (Å²) in [5.74, 6) is -0.0581. The van der Waals surface area contributed by atoms with Gasteiger partial charge in [-0.05, 0) is 6.42 Å². The number of hydrogen-bond donors (Lipinski definition) is 1. The molecule has 0 spiro atoms. The number of amides is 1. The molecule has 2 rings (SSSR count). The van der Waals surface area contributed by atoms with Crippen LogP contribution in [0.25, 0.3) is 0 Å². The zero-order chi connectivity index (χ0) is 14.7. The minimum Gasteiger partial charge on any atom is -0.340 e. The van der Waals surface area contributed by atoms with Gasteiger partial charge < -0.3 is 4.90 Å². The molecule has 0 radical (unpaired) electrons. The van der Waals surface area contributed by atoms with Crippen molar-refractivity contribution in [2.24, 2.45) is 0 Å². The molecule has 0 aliphatic carbocycles. The van der Waals surface area contributed by atoms with E-state index in [4.69, 9.17) is 0 Å². The van der Waals surface area contributed by atoms with Crippen LogP contribution in [0.5, 0.6) is 0 Å². The van der Waals surface area contributed by atoms with Crippen molar-refractivity contribution in [3.63, 3.8) is 0 Å². The second-order valence-electron chi connectivity index (χ2n) is 4.81. The first-order valence-electron chi connectivity index (χ1n) is 6.63. The fourth-order valence-electron chi connectivity index (χ4n) is 2.18. The maximum absolute atomic E-state index is 12.1. The third kappa shape index (κ3) is 3.04. The summed E-state index contributed by atoms with van der Waals surface area (Å²) < 4.78 is 1.21. The molecule has 1 fully saturated rings. The zero-order valence-electron chi connectivity index (χ0n) is 11.3. The van der Waals surface area contributed by atoms with Gasteiger partial charge in [0.05, 0.1) is 0 Å². The number of carbonyl (C=O) groups excluding carboxylic acids is 2. The highest BCUT2D eigenvalue weighted by molar-refractivity contribution is 5.83. The number of rotatable bonds is 3. The van der Waals surface area contributed by atoms with Crippen LogP contribution in [-0.4, -0.2) is 39.2 Å². The van der Waals surface area contributed by atoms with Crippen LogP contribution >= 0.6 is 0 Å². The van der Waals surface area contributed by atoms with E-state index in [-0.39, 0.29) is 18.2 Å². The molecule has 1 aromatic heterocycles. The zero-order valence-corrected chi connectivity index (χ0v) is 11.3. The summed E-state index contributed by atoms with van der Waals surface area (Å²) in [6, 6.07) is 0. The van der Waals surface area contributed by atoms with Crippen molar-refractivity contribution in [2.45, 2.75) is 32.7 Å². The van der Waals surface area contributed by atoms with Crippen molar-refractivity contribution in [3.05, 3.63) is 32.6 Å². The van der Waals surface area contributed by atoms with Gasteiger partial charge in [-0.2, -0.15) is 0 Å². The quantitative estimate of drug-likeness (QED) is 0.791. The predicted molar refractivity (Wildman–Crippen MR) is 71.5 cm³/mol. The third-order valence-corrected chi connectivity index (χ3v) is 3.44. The minimum atomic E-state index is -0.589. The van der Waals surface area contributed by atoms with Crippen LogP contribution in [-0.2, 0) is 22.6 Å². The summed E-state index contributed by atoms with van der Waals surface area (Å²) in [5, 5.41) is 0. The highest BCUT2D eigenvalue weighted by Crippen LogP contribution is 2.06. The van der Waals surface area contributed by atoms with Gasteiger partial charge in [0, 0.05) is 37.7 Å². The first kappa shape index (κ1) is 14.2. The van der Waals surface area contributed by atoms with Crippen molar-refractivity contribution in [1.82, 2.24) is 14.5 Å². The van der Waals surface area contributed by atoms with Crippen LogP contribution in [0.1, 0.15) is 25.3 Å². The number of hydrogen-bond acceptors (Lipinski definition) is 4. The topological polar surface area (TPSA) is 92.2 Å². The molecule has 1 amide bonds. The van der Waals surface area contributed by atoms with E-state index in [9.17, 15) is 19.2 Å². The maximum atomic E-state index is 12.1. The van der Waals surface area contributed by atoms with Gasteiger partial charge in [0.2, 0.25) is 5.91 Å². The Hall–Kier alpha value is -2.18. The Labute approximate surface area is 115 Å². The molecule has 2 heterocycles. The Kier molecular flexibility index (Phi) is 4.16. The molecule has 1 N–H and O–H groups in total. The SMILES string of the molecule is CCc1cn(CC(=O)N2CCC(=O)CC2)c(=O)[nH]c1=O. The fourth-order valence-corrected chi connectivity index (χ4v) is 2.18. The Morgan fingerprint density at radius 2 is 1.90 bits per heavy atom. The van der Waals surface area contributed by atoms with E-state index in [0.29, 0.717) is 37.9 Å². The molecule has 0 unspecified atom stereocenters. The normalized spacial score (nSPS) is 15.4. The standard InChI is InChI=1S/C13H17N3O4/c1-2-9-7-16(13(20)14-12(9)19)8-11(18)15-5-3-10(17)4-6-15/h7H,2-6,8H2,1H3,(H,14,19,20). The maximum Gasteiger partial charge on any atom is 0.328 e. The van der Waals surface area contributed by atoms with Crippen LogP contribution in [0, 0.1) is 0 Å². The van der Waals surface area contributed by atoms with E-state index in [1.165, 1.54) is 10.8 Å². The molecule has 1 aliphatic rings. The van der Waals surface area contributed by atoms with Gasteiger partial charge in [-0.15, -0.1) is 0 Å². The number of nitrogens with one attached hydrogen (secondary N) is 1. The summed E-state index contributed by atoms with van der Waals surface area (Å²) in [6.45, 7) is 2.49. The smallest absolute Gasteiger partial charge is 0.328 e. The average molecular weight is 279 g/mol. The molecule has 0 bridgehead atoms. The Morgan fingerprint density at radius 1 is 1.25 bits per heavy atom. The van der Waals surface area contributed by atoms with E-state index >= 15 is 0 Å². The molecule has 1 aliphatic heterocycles. The Morgan fingerprint density at radius 3 is 2.50 bits per heavy atom. The van der Waals surface area contributed by atoms with Crippen molar-refractivity contribution in [1.29, 1.82) is 0 Å². The number of ketones is 1. The number of carbonyl (C=O) groups is 2. The van der Waals surface area contributed by atoms with Gasteiger partial charge in [0.15, 0.2) is 0 Å². The molecule has 0 saturated carbocycles. The number of H-pyrrole nitrogens is 1. The monoisotopic (exact) mass is 279 g/mol. The van der Waals surface area contributed by atoms with Gasteiger partial charge in [0.1, 0.15) is 12.3 Å². The number of aryl methyl sites for hydroxylation is 1. The summed E-state index contributed by atoms with van der Waals surface area (Å²) in [6.07, 6.45) is 2.65. The van der Waals surface area contributed by atoms with Gasteiger partial charge in [-0.1, -0.05) is 6.92 Å². The average Bonchev–Trinajstić information content (AvgIpc) is 2.42. The number of nitrogens with zero attached hydrogens (tertiary/aromatic N) is 2. The molecule has 20 heavy (non-hydrogen) atoms. The van der Waals surface area contributed by atoms with Crippen LogP contribution < -0.4 is 11.2 Å². The van der Waals surface area contributed by atoms with Crippen molar-refractivity contribution >= 4 is 11.7 Å². The number of aromatic amines is 1. The van der Waals surface area contributed by atoms with Gasteiger partial charge >= 0.3 is 5.69 Å². The van der Waals surface area contributed by atoms with Crippen LogP contribution in [0.3, 0.4) is 0 Å². The number of piperidine rings is 1. The summed E-state index contributed by atoms with van der Waals surface area (Å²) >= 11 is 0. The van der Waals surface area contributed by atoms with Gasteiger partial charge in [-0.3, -0.25) is 23.9 Å². The predicted octanol–water partition coefficient (Wildman–Crippen LogP) is -0.709. The van der Waals surface area contributed by atoms with Crippen LogP contribution in [0.15, 0.2) is 15.8 Å². The summed E-state index contributed by atoms with van der Waals surface area (Å²) in [5.41, 5.74) is -0.537. The molecular formula is C13H17N3O4. The van der Waals surface area contributed by atoms with Crippen molar-refractivity contribution in [2.75, 3.05) is 13.1 Å². The molecule has 7 heteroatoms. The molecule has 108 valence electrons. The second-order valence-corrected chi connectivity index (χ2v) is 4.81. The van der Waals surface area contributed by atoms with Crippen molar-refractivity contribution < 1.29 is 9.59 Å². The first-order valence-corrected chi connectivity index (χ1v) is 6.63. The van der Waals surface area contributed by atoms with E-state index in [1.807, 2.05) is 0 Å². The van der Waals surface area contributed by atoms with E-state index in [1.54, 1.807) is 11.8 Å². The molecule has 7 nitrogen and oxygen atoms in total. The minimum absolute atomic E-state index is 0.114. The number of likely N-dealkylation sites (tertiary alicyclic amines) is 1. The molecule has 1 saturated heterocycles.